The molecule has 20 heavy (non-hydrogen) atoms. The molecule has 0 radical (unpaired) electrons. The van der Waals surface area contributed by atoms with Gasteiger partial charge < -0.3 is 14.6 Å². The minimum atomic E-state index is -1.62. The Labute approximate surface area is 115 Å². The van der Waals surface area contributed by atoms with Gasteiger partial charge in [0, 0.05) is 18.1 Å². The molecule has 0 aliphatic carbocycles. The van der Waals surface area contributed by atoms with Crippen LogP contribution in [0.15, 0.2) is 12.1 Å². The van der Waals surface area contributed by atoms with E-state index in [2.05, 4.69) is 0 Å². The maximum absolute atomic E-state index is 13.4. The number of fused-ring (bicyclic) bond motifs is 1. The standard InChI is InChI=1S/C14H16F2O4/c1-3-19-13(17)7-14(18)6-8(2)20-12-5-11(16)10(15)4-9(12)14/h4-5,8,18H,3,6-7H2,1-2H3/t8-,14-/m1/s1. The van der Waals surface area contributed by atoms with Gasteiger partial charge >= 0.3 is 5.97 Å². The topological polar surface area (TPSA) is 55.8 Å². The number of benzene rings is 1. The normalized spacial score (nSPS) is 24.8. The molecule has 0 saturated heterocycles. The van der Waals surface area contributed by atoms with Crippen LogP contribution < -0.4 is 4.74 Å². The Kier molecular flexibility index (Phi) is 3.94. The molecule has 1 heterocycles. The Bertz CT molecular complexity index is 532. The molecular weight excluding hydrogens is 270 g/mol. The summed E-state index contributed by atoms with van der Waals surface area (Å²) in [4.78, 5) is 11.6. The van der Waals surface area contributed by atoms with E-state index < -0.39 is 29.3 Å². The average Bonchev–Trinajstić information content (AvgIpc) is 2.31. The third-order valence-electron chi connectivity index (χ3n) is 3.22. The summed E-state index contributed by atoms with van der Waals surface area (Å²) in [7, 11) is 0. The van der Waals surface area contributed by atoms with Crippen LogP contribution in [0.25, 0.3) is 0 Å². The summed E-state index contributed by atoms with van der Waals surface area (Å²) in [5.41, 5.74) is -1.55. The van der Waals surface area contributed by atoms with Crippen LogP contribution in [0.1, 0.15) is 32.3 Å². The highest BCUT2D eigenvalue weighted by atomic mass is 19.2. The first-order valence-electron chi connectivity index (χ1n) is 6.40. The molecule has 4 nitrogen and oxygen atoms in total. The molecule has 0 spiro atoms. The number of carbonyl (C=O) groups excluding carboxylic acids is 1. The molecule has 2 rings (SSSR count). The van der Waals surface area contributed by atoms with Crippen molar-refractivity contribution in [2.45, 2.75) is 38.4 Å². The average molecular weight is 286 g/mol. The Morgan fingerprint density at radius 1 is 1.50 bits per heavy atom. The van der Waals surface area contributed by atoms with Crippen molar-refractivity contribution < 1.29 is 28.2 Å². The van der Waals surface area contributed by atoms with Gasteiger partial charge in [0.25, 0.3) is 0 Å². The van der Waals surface area contributed by atoms with Gasteiger partial charge in [0.15, 0.2) is 11.6 Å². The van der Waals surface area contributed by atoms with Gasteiger partial charge in [-0.3, -0.25) is 4.79 Å². The van der Waals surface area contributed by atoms with E-state index in [0.29, 0.717) is 0 Å². The number of hydrogen-bond donors (Lipinski definition) is 1. The highest BCUT2D eigenvalue weighted by Gasteiger charge is 2.41. The van der Waals surface area contributed by atoms with Crippen molar-refractivity contribution in [3.63, 3.8) is 0 Å². The molecular formula is C14H16F2O4. The zero-order valence-electron chi connectivity index (χ0n) is 11.3. The summed E-state index contributed by atoms with van der Waals surface area (Å²) in [6.45, 7) is 3.52. The number of ether oxygens (including phenoxy) is 2. The van der Waals surface area contributed by atoms with Crippen LogP contribution in [0.4, 0.5) is 8.78 Å². The quantitative estimate of drug-likeness (QED) is 0.866. The highest BCUT2D eigenvalue weighted by molar-refractivity contribution is 5.71. The highest BCUT2D eigenvalue weighted by Crippen LogP contribution is 2.42. The van der Waals surface area contributed by atoms with Gasteiger partial charge in [-0.2, -0.15) is 0 Å². The summed E-state index contributed by atoms with van der Waals surface area (Å²) in [6.07, 6.45) is -0.650. The zero-order valence-corrected chi connectivity index (χ0v) is 11.3. The second-order valence-corrected chi connectivity index (χ2v) is 4.91. The van der Waals surface area contributed by atoms with Gasteiger partial charge in [-0.05, 0) is 19.9 Å². The molecule has 110 valence electrons. The smallest absolute Gasteiger partial charge is 0.309 e. The molecule has 0 amide bonds. The molecule has 1 aromatic carbocycles. The molecule has 2 atom stereocenters. The minimum Gasteiger partial charge on any atom is -0.490 e. The van der Waals surface area contributed by atoms with Crippen LogP contribution in [-0.2, 0) is 15.1 Å². The Hall–Kier alpha value is -1.69. The van der Waals surface area contributed by atoms with E-state index in [0.717, 1.165) is 12.1 Å². The van der Waals surface area contributed by atoms with E-state index >= 15 is 0 Å². The third-order valence-corrected chi connectivity index (χ3v) is 3.22. The molecule has 0 saturated carbocycles. The summed E-state index contributed by atoms with van der Waals surface area (Å²) < 4.78 is 36.8. The minimum absolute atomic E-state index is 0.0504. The number of aliphatic hydroxyl groups is 1. The predicted octanol–water partition coefficient (Wildman–Crippen LogP) is 2.28. The number of halogens is 2. The van der Waals surface area contributed by atoms with Crippen LogP contribution in [0.3, 0.4) is 0 Å². The lowest BCUT2D eigenvalue weighted by molar-refractivity contribution is -0.151. The first-order chi connectivity index (χ1) is 9.35. The fourth-order valence-electron chi connectivity index (χ4n) is 2.45. The Morgan fingerprint density at radius 2 is 2.15 bits per heavy atom. The molecule has 0 aromatic heterocycles. The maximum atomic E-state index is 13.4. The first kappa shape index (κ1) is 14.7. The summed E-state index contributed by atoms with van der Waals surface area (Å²) >= 11 is 0. The fraction of sp³-hybridized carbons (Fsp3) is 0.500. The molecule has 1 aliphatic rings. The van der Waals surface area contributed by atoms with Gasteiger partial charge in [0.05, 0.1) is 19.1 Å². The molecule has 0 unspecified atom stereocenters. The molecule has 6 heteroatoms. The van der Waals surface area contributed by atoms with E-state index in [1.165, 1.54) is 0 Å². The fourth-order valence-corrected chi connectivity index (χ4v) is 2.45. The Morgan fingerprint density at radius 3 is 2.80 bits per heavy atom. The van der Waals surface area contributed by atoms with Crippen LogP contribution >= 0.6 is 0 Å². The van der Waals surface area contributed by atoms with Crippen molar-refractivity contribution in [1.82, 2.24) is 0 Å². The summed E-state index contributed by atoms with van der Waals surface area (Å²) in [5, 5.41) is 10.6. The van der Waals surface area contributed by atoms with Crippen molar-refractivity contribution in [2.24, 2.45) is 0 Å². The number of rotatable bonds is 3. The number of hydrogen-bond acceptors (Lipinski definition) is 4. The van der Waals surface area contributed by atoms with Crippen molar-refractivity contribution in [2.75, 3.05) is 6.61 Å². The molecule has 1 N–H and O–H groups in total. The van der Waals surface area contributed by atoms with E-state index in [4.69, 9.17) is 9.47 Å². The molecule has 1 aliphatic heterocycles. The maximum Gasteiger partial charge on any atom is 0.309 e. The second kappa shape index (κ2) is 5.36. The third kappa shape index (κ3) is 2.75. The second-order valence-electron chi connectivity index (χ2n) is 4.91. The van der Waals surface area contributed by atoms with Crippen molar-refractivity contribution in [3.8, 4) is 5.75 Å². The molecule has 1 aromatic rings. The lowest BCUT2D eigenvalue weighted by Gasteiger charge is -2.37. The van der Waals surface area contributed by atoms with Crippen LogP contribution in [0, 0.1) is 11.6 Å². The summed E-state index contributed by atoms with van der Waals surface area (Å²) in [5.74, 6) is -2.70. The van der Waals surface area contributed by atoms with Gasteiger partial charge in [-0.15, -0.1) is 0 Å². The van der Waals surface area contributed by atoms with Crippen LogP contribution in [-0.4, -0.2) is 23.8 Å². The van der Waals surface area contributed by atoms with Crippen molar-refractivity contribution in [1.29, 1.82) is 0 Å². The monoisotopic (exact) mass is 286 g/mol. The van der Waals surface area contributed by atoms with Crippen LogP contribution in [0.5, 0.6) is 5.75 Å². The number of esters is 1. The Balaban J connectivity index is 2.40. The zero-order chi connectivity index (χ0) is 14.9. The SMILES string of the molecule is CCOC(=O)C[C@]1(O)C[C@@H](C)Oc2cc(F)c(F)cc21. The van der Waals surface area contributed by atoms with Gasteiger partial charge in [0.1, 0.15) is 11.4 Å². The lowest BCUT2D eigenvalue weighted by atomic mass is 9.83. The van der Waals surface area contributed by atoms with Gasteiger partial charge in [-0.1, -0.05) is 0 Å². The van der Waals surface area contributed by atoms with Gasteiger partial charge in [-0.25, -0.2) is 8.78 Å². The summed E-state index contributed by atoms with van der Waals surface area (Å²) in [6, 6.07) is 1.76. The predicted molar refractivity (Wildman–Crippen MR) is 66.2 cm³/mol. The van der Waals surface area contributed by atoms with E-state index in [9.17, 15) is 18.7 Å². The van der Waals surface area contributed by atoms with Crippen molar-refractivity contribution >= 4 is 5.97 Å². The van der Waals surface area contributed by atoms with E-state index in [1.807, 2.05) is 0 Å². The van der Waals surface area contributed by atoms with Gasteiger partial charge in [0.2, 0.25) is 0 Å². The first-order valence-corrected chi connectivity index (χ1v) is 6.40. The van der Waals surface area contributed by atoms with E-state index in [-0.39, 0.29) is 30.8 Å². The van der Waals surface area contributed by atoms with Crippen LogP contribution in [0.2, 0.25) is 0 Å². The lowest BCUT2D eigenvalue weighted by Crippen LogP contribution is -2.39. The van der Waals surface area contributed by atoms with Crippen molar-refractivity contribution in [3.05, 3.63) is 29.3 Å². The molecule has 0 bridgehead atoms. The van der Waals surface area contributed by atoms with E-state index in [1.54, 1.807) is 13.8 Å². The molecule has 0 fully saturated rings. The largest absolute Gasteiger partial charge is 0.490 e. The number of carbonyl (C=O) groups is 1.